The maximum Gasteiger partial charge on any atom is 0.165 e. The van der Waals surface area contributed by atoms with Crippen LogP contribution in [0.3, 0.4) is 0 Å². The molecule has 1 aromatic heterocycles. The minimum atomic E-state index is 0.246. The van der Waals surface area contributed by atoms with Gasteiger partial charge in [-0.2, -0.15) is 0 Å². The highest BCUT2D eigenvalue weighted by Gasteiger charge is 2.18. The van der Waals surface area contributed by atoms with Gasteiger partial charge < -0.3 is 5.32 Å². The highest BCUT2D eigenvalue weighted by molar-refractivity contribution is 4.82. The number of hydrogen-bond acceptors (Lipinski definition) is 4. The van der Waals surface area contributed by atoms with Gasteiger partial charge in [0.2, 0.25) is 0 Å². The smallest absolute Gasteiger partial charge is 0.165 e. The SMILES string of the molecule is CCNCc1nnnn1CC(C)(C)CC. The number of hydrogen-bond donors (Lipinski definition) is 1. The first kappa shape index (κ1) is 12.1. The molecule has 15 heavy (non-hydrogen) atoms. The summed E-state index contributed by atoms with van der Waals surface area (Å²) >= 11 is 0. The third-order valence-corrected chi connectivity index (χ3v) is 2.67. The molecule has 0 spiro atoms. The van der Waals surface area contributed by atoms with Gasteiger partial charge in [0, 0.05) is 6.54 Å². The van der Waals surface area contributed by atoms with Crippen LogP contribution in [0.5, 0.6) is 0 Å². The van der Waals surface area contributed by atoms with E-state index in [2.05, 4.69) is 48.5 Å². The van der Waals surface area contributed by atoms with Gasteiger partial charge in [-0.25, -0.2) is 4.68 Å². The third kappa shape index (κ3) is 3.58. The van der Waals surface area contributed by atoms with Crippen LogP contribution in [0.4, 0.5) is 0 Å². The summed E-state index contributed by atoms with van der Waals surface area (Å²) in [7, 11) is 0. The normalized spacial score (nSPS) is 12.0. The Kier molecular flexibility index (Phi) is 4.20. The zero-order valence-electron chi connectivity index (χ0n) is 10.1. The number of aromatic nitrogens is 4. The van der Waals surface area contributed by atoms with Crippen LogP contribution in [-0.4, -0.2) is 26.8 Å². The van der Waals surface area contributed by atoms with Gasteiger partial charge in [0.25, 0.3) is 0 Å². The lowest BCUT2D eigenvalue weighted by Gasteiger charge is -2.22. The van der Waals surface area contributed by atoms with Crippen molar-refractivity contribution in [1.29, 1.82) is 0 Å². The lowest BCUT2D eigenvalue weighted by atomic mass is 9.90. The number of nitrogens with one attached hydrogen (secondary N) is 1. The summed E-state index contributed by atoms with van der Waals surface area (Å²) < 4.78 is 1.90. The predicted molar refractivity (Wildman–Crippen MR) is 59.3 cm³/mol. The molecule has 0 amide bonds. The molecular formula is C10H21N5. The van der Waals surface area contributed by atoms with Crippen molar-refractivity contribution in [3.05, 3.63) is 5.82 Å². The molecule has 0 aliphatic rings. The van der Waals surface area contributed by atoms with E-state index in [1.54, 1.807) is 0 Å². The zero-order valence-corrected chi connectivity index (χ0v) is 10.1. The standard InChI is InChI=1S/C10H21N5/c1-5-10(3,4)8-15-9(7-11-6-2)12-13-14-15/h11H,5-8H2,1-4H3. The molecule has 1 N–H and O–H groups in total. The highest BCUT2D eigenvalue weighted by atomic mass is 15.5. The summed E-state index contributed by atoms with van der Waals surface area (Å²) in [6, 6.07) is 0. The van der Waals surface area contributed by atoms with E-state index in [1.807, 2.05) is 4.68 Å². The molecule has 0 fully saturated rings. The van der Waals surface area contributed by atoms with E-state index >= 15 is 0 Å². The van der Waals surface area contributed by atoms with Crippen molar-refractivity contribution in [2.24, 2.45) is 5.41 Å². The van der Waals surface area contributed by atoms with Crippen LogP contribution >= 0.6 is 0 Å². The summed E-state index contributed by atoms with van der Waals surface area (Å²) in [6.45, 7) is 11.3. The van der Waals surface area contributed by atoms with E-state index in [0.29, 0.717) is 0 Å². The lowest BCUT2D eigenvalue weighted by molar-refractivity contribution is 0.272. The van der Waals surface area contributed by atoms with Crippen molar-refractivity contribution in [2.75, 3.05) is 6.54 Å². The Balaban J connectivity index is 2.64. The van der Waals surface area contributed by atoms with Crippen LogP contribution < -0.4 is 5.32 Å². The molecule has 0 aliphatic carbocycles. The molecule has 0 aromatic carbocycles. The van der Waals surface area contributed by atoms with Crippen molar-refractivity contribution in [3.63, 3.8) is 0 Å². The summed E-state index contributed by atoms with van der Waals surface area (Å²) in [5, 5.41) is 15.0. The van der Waals surface area contributed by atoms with Gasteiger partial charge in [-0.1, -0.05) is 27.7 Å². The monoisotopic (exact) mass is 211 g/mol. The Morgan fingerprint density at radius 1 is 1.33 bits per heavy atom. The Morgan fingerprint density at radius 3 is 2.67 bits per heavy atom. The van der Waals surface area contributed by atoms with E-state index in [1.165, 1.54) is 0 Å². The minimum absolute atomic E-state index is 0.246. The molecule has 1 heterocycles. The predicted octanol–water partition coefficient (Wildman–Crippen LogP) is 1.22. The van der Waals surface area contributed by atoms with Gasteiger partial charge in [-0.3, -0.25) is 0 Å². The van der Waals surface area contributed by atoms with Crippen LogP contribution in [0, 0.1) is 5.41 Å². The van der Waals surface area contributed by atoms with Crippen molar-refractivity contribution in [1.82, 2.24) is 25.5 Å². The van der Waals surface area contributed by atoms with Crippen LogP contribution in [0.1, 0.15) is 39.9 Å². The van der Waals surface area contributed by atoms with Crippen LogP contribution in [0.15, 0.2) is 0 Å². The van der Waals surface area contributed by atoms with Crippen molar-refractivity contribution in [2.45, 2.75) is 47.2 Å². The Labute approximate surface area is 91.2 Å². The van der Waals surface area contributed by atoms with Crippen LogP contribution in [-0.2, 0) is 13.1 Å². The third-order valence-electron chi connectivity index (χ3n) is 2.67. The Hall–Kier alpha value is -0.970. The summed E-state index contributed by atoms with van der Waals surface area (Å²) in [6.07, 6.45) is 1.12. The van der Waals surface area contributed by atoms with Gasteiger partial charge in [0.05, 0.1) is 6.54 Å². The molecule has 1 aromatic rings. The quantitative estimate of drug-likeness (QED) is 0.768. The van der Waals surface area contributed by atoms with Gasteiger partial charge in [0.15, 0.2) is 5.82 Å². The van der Waals surface area contributed by atoms with E-state index < -0.39 is 0 Å². The molecule has 0 atom stereocenters. The number of rotatable bonds is 6. The van der Waals surface area contributed by atoms with E-state index in [4.69, 9.17) is 0 Å². The zero-order chi connectivity index (χ0) is 11.3. The van der Waals surface area contributed by atoms with E-state index in [9.17, 15) is 0 Å². The fourth-order valence-electron chi connectivity index (χ4n) is 1.23. The maximum absolute atomic E-state index is 4.02. The average molecular weight is 211 g/mol. The van der Waals surface area contributed by atoms with Gasteiger partial charge >= 0.3 is 0 Å². The van der Waals surface area contributed by atoms with E-state index in [-0.39, 0.29) is 5.41 Å². The summed E-state index contributed by atoms with van der Waals surface area (Å²) in [5.41, 5.74) is 0.246. The van der Waals surface area contributed by atoms with E-state index in [0.717, 1.165) is 31.9 Å². The largest absolute Gasteiger partial charge is 0.310 e. The molecule has 5 nitrogen and oxygen atoms in total. The van der Waals surface area contributed by atoms with Crippen LogP contribution in [0.25, 0.3) is 0 Å². The Bertz CT molecular complexity index is 292. The fourth-order valence-corrected chi connectivity index (χ4v) is 1.23. The van der Waals surface area contributed by atoms with Gasteiger partial charge in [-0.05, 0) is 28.8 Å². The second-order valence-electron chi connectivity index (χ2n) is 4.55. The van der Waals surface area contributed by atoms with Crippen molar-refractivity contribution < 1.29 is 0 Å². The second-order valence-corrected chi connectivity index (χ2v) is 4.55. The number of nitrogens with zero attached hydrogens (tertiary/aromatic N) is 4. The average Bonchev–Trinajstić information content (AvgIpc) is 2.62. The molecule has 0 bridgehead atoms. The molecule has 0 radical (unpaired) electrons. The van der Waals surface area contributed by atoms with Gasteiger partial charge in [0.1, 0.15) is 0 Å². The van der Waals surface area contributed by atoms with Crippen molar-refractivity contribution >= 4 is 0 Å². The first-order valence-electron chi connectivity index (χ1n) is 5.55. The van der Waals surface area contributed by atoms with Gasteiger partial charge in [-0.15, -0.1) is 5.10 Å². The molecular weight excluding hydrogens is 190 g/mol. The molecule has 0 saturated carbocycles. The second kappa shape index (κ2) is 5.21. The van der Waals surface area contributed by atoms with Crippen molar-refractivity contribution in [3.8, 4) is 0 Å². The summed E-state index contributed by atoms with van der Waals surface area (Å²) in [5.74, 6) is 0.915. The Morgan fingerprint density at radius 2 is 2.07 bits per heavy atom. The maximum atomic E-state index is 4.02. The number of tetrazole rings is 1. The molecule has 86 valence electrons. The molecule has 0 unspecified atom stereocenters. The summed E-state index contributed by atoms with van der Waals surface area (Å²) in [4.78, 5) is 0. The minimum Gasteiger partial charge on any atom is -0.310 e. The fraction of sp³-hybridized carbons (Fsp3) is 0.900. The highest BCUT2D eigenvalue weighted by Crippen LogP contribution is 2.21. The molecule has 0 saturated heterocycles. The lowest BCUT2D eigenvalue weighted by Crippen LogP contribution is -2.23. The first-order chi connectivity index (χ1) is 7.09. The molecule has 1 rings (SSSR count). The molecule has 0 aliphatic heterocycles. The molecule has 5 heteroatoms. The topological polar surface area (TPSA) is 55.6 Å². The first-order valence-corrected chi connectivity index (χ1v) is 5.55. The van der Waals surface area contributed by atoms with Crippen LogP contribution in [0.2, 0.25) is 0 Å².